The highest BCUT2D eigenvalue weighted by Gasteiger charge is 2.14. The monoisotopic (exact) mass is 368 g/mol. The minimum absolute atomic E-state index is 0.254. The van der Waals surface area contributed by atoms with Crippen LogP contribution in [0, 0.1) is 0 Å². The molecule has 0 radical (unpaired) electrons. The van der Waals surface area contributed by atoms with Gasteiger partial charge in [0, 0.05) is 28.4 Å². The molecule has 0 aliphatic carbocycles. The summed E-state index contributed by atoms with van der Waals surface area (Å²) in [5.41, 5.74) is 1.97. The fourth-order valence-electron chi connectivity index (χ4n) is 2.61. The van der Waals surface area contributed by atoms with Gasteiger partial charge in [0.1, 0.15) is 5.65 Å². The summed E-state index contributed by atoms with van der Waals surface area (Å²) in [5.74, 6) is 0. The van der Waals surface area contributed by atoms with Crippen molar-refractivity contribution in [3.05, 3.63) is 45.4 Å². The lowest BCUT2D eigenvalue weighted by Gasteiger charge is -2.08. The molecular weight excluding hydrogens is 352 g/mol. The molecule has 3 rings (SSSR count). The van der Waals surface area contributed by atoms with Crippen molar-refractivity contribution < 1.29 is 8.42 Å². The van der Waals surface area contributed by atoms with E-state index in [2.05, 4.69) is 16.5 Å². The zero-order valence-corrected chi connectivity index (χ0v) is 15.3. The lowest BCUT2D eigenvalue weighted by molar-refractivity contribution is 0.601. The molecule has 0 aliphatic heterocycles. The molecule has 0 fully saturated rings. The second kappa shape index (κ2) is 6.26. The molecule has 122 valence electrons. The van der Waals surface area contributed by atoms with Crippen LogP contribution in [-0.4, -0.2) is 24.2 Å². The average molecular weight is 369 g/mol. The summed E-state index contributed by atoms with van der Waals surface area (Å²) in [6.07, 6.45) is 4.57. The van der Waals surface area contributed by atoms with Crippen LogP contribution < -0.4 is 0 Å². The van der Waals surface area contributed by atoms with Crippen LogP contribution in [0.2, 0.25) is 4.34 Å². The number of nitrogens with zero attached hydrogens (tertiary/aromatic N) is 2. The number of hydrogen-bond donors (Lipinski definition) is 0. The van der Waals surface area contributed by atoms with Crippen LogP contribution in [0.3, 0.4) is 0 Å². The third kappa shape index (κ3) is 3.44. The first-order chi connectivity index (χ1) is 10.9. The number of pyridine rings is 1. The summed E-state index contributed by atoms with van der Waals surface area (Å²) < 4.78 is 26.4. The summed E-state index contributed by atoms with van der Waals surface area (Å²) in [4.78, 5) is 5.81. The van der Waals surface area contributed by atoms with Gasteiger partial charge in [-0.3, -0.25) is 0 Å². The topological polar surface area (TPSA) is 52.0 Å². The number of aromatic nitrogens is 2. The fraction of sp³-hybridized carbons (Fsp3) is 0.312. The van der Waals surface area contributed by atoms with Gasteiger partial charge in [-0.2, -0.15) is 0 Å². The summed E-state index contributed by atoms with van der Waals surface area (Å²) in [5, 5.41) is 0.860. The SMILES string of the molecule is CCCc1cc2cc(S(C)(=O)=O)cnc2n1Cc1ccc(Cl)s1. The van der Waals surface area contributed by atoms with E-state index in [-0.39, 0.29) is 4.90 Å². The van der Waals surface area contributed by atoms with Crippen molar-refractivity contribution >= 4 is 43.8 Å². The molecule has 0 aromatic carbocycles. The summed E-state index contributed by atoms with van der Waals surface area (Å²) >= 11 is 7.57. The minimum atomic E-state index is -3.25. The summed E-state index contributed by atoms with van der Waals surface area (Å²) in [6.45, 7) is 2.82. The molecule has 3 heterocycles. The van der Waals surface area contributed by atoms with Crippen LogP contribution in [0.5, 0.6) is 0 Å². The molecule has 0 saturated heterocycles. The van der Waals surface area contributed by atoms with Crippen LogP contribution in [0.1, 0.15) is 23.9 Å². The number of rotatable bonds is 5. The van der Waals surface area contributed by atoms with Crippen LogP contribution in [-0.2, 0) is 22.8 Å². The molecule has 0 bridgehead atoms. The predicted octanol–water partition coefficient (Wildman–Crippen LogP) is 4.16. The van der Waals surface area contributed by atoms with Gasteiger partial charge in [-0.25, -0.2) is 13.4 Å². The Morgan fingerprint density at radius 2 is 2.09 bits per heavy atom. The summed E-state index contributed by atoms with van der Waals surface area (Å²) in [7, 11) is -3.25. The second-order valence-corrected chi connectivity index (χ2v) is 9.35. The molecule has 23 heavy (non-hydrogen) atoms. The maximum absolute atomic E-state index is 11.7. The quantitative estimate of drug-likeness (QED) is 0.679. The van der Waals surface area contributed by atoms with E-state index in [0.29, 0.717) is 6.54 Å². The highest BCUT2D eigenvalue weighted by Crippen LogP contribution is 2.27. The van der Waals surface area contributed by atoms with E-state index in [0.717, 1.165) is 38.8 Å². The molecule has 4 nitrogen and oxygen atoms in total. The number of halogens is 1. The normalized spacial score (nSPS) is 12.1. The molecule has 0 saturated carbocycles. The number of thiophene rings is 1. The Morgan fingerprint density at radius 1 is 1.30 bits per heavy atom. The van der Waals surface area contributed by atoms with Crippen molar-refractivity contribution in [2.45, 2.75) is 31.2 Å². The Labute approximate surface area is 144 Å². The van der Waals surface area contributed by atoms with Crippen LogP contribution in [0.25, 0.3) is 11.0 Å². The standard InChI is InChI=1S/C16H17ClN2O2S2/c1-3-4-12-7-11-8-14(23(2,20)21)9-18-16(11)19(12)10-13-5-6-15(17)22-13/h5-9H,3-4,10H2,1-2H3. The van der Waals surface area contributed by atoms with Crippen LogP contribution >= 0.6 is 22.9 Å². The third-order valence-corrected chi connectivity index (χ3v) is 5.97. The van der Waals surface area contributed by atoms with E-state index in [1.165, 1.54) is 12.5 Å². The van der Waals surface area contributed by atoms with Crippen molar-refractivity contribution in [1.82, 2.24) is 9.55 Å². The summed E-state index contributed by atoms with van der Waals surface area (Å²) in [6, 6.07) is 7.64. The number of fused-ring (bicyclic) bond motifs is 1. The zero-order chi connectivity index (χ0) is 16.6. The molecule has 0 aliphatic rings. The van der Waals surface area contributed by atoms with Gasteiger partial charge in [0.15, 0.2) is 9.84 Å². The zero-order valence-electron chi connectivity index (χ0n) is 12.9. The van der Waals surface area contributed by atoms with Gasteiger partial charge in [-0.1, -0.05) is 24.9 Å². The van der Waals surface area contributed by atoms with Crippen molar-refractivity contribution in [2.75, 3.05) is 6.26 Å². The molecular formula is C16H17ClN2O2S2. The Bertz CT molecular complexity index is 958. The predicted molar refractivity (Wildman–Crippen MR) is 95.3 cm³/mol. The second-order valence-electron chi connectivity index (χ2n) is 5.53. The van der Waals surface area contributed by atoms with Gasteiger partial charge in [-0.05, 0) is 30.7 Å². The fourth-order valence-corrected chi connectivity index (χ4v) is 4.28. The van der Waals surface area contributed by atoms with Gasteiger partial charge in [0.25, 0.3) is 0 Å². The number of aryl methyl sites for hydroxylation is 1. The molecule has 0 spiro atoms. The molecule has 0 N–H and O–H groups in total. The minimum Gasteiger partial charge on any atom is -0.324 e. The highest BCUT2D eigenvalue weighted by atomic mass is 35.5. The van der Waals surface area contributed by atoms with E-state index in [9.17, 15) is 8.42 Å². The number of sulfone groups is 1. The van der Waals surface area contributed by atoms with Crippen molar-refractivity contribution in [3.63, 3.8) is 0 Å². The maximum Gasteiger partial charge on any atom is 0.177 e. The molecule has 3 aromatic heterocycles. The van der Waals surface area contributed by atoms with Crippen LogP contribution in [0.15, 0.2) is 35.4 Å². The molecule has 0 unspecified atom stereocenters. The lowest BCUT2D eigenvalue weighted by atomic mass is 10.2. The van der Waals surface area contributed by atoms with Crippen molar-refractivity contribution in [2.24, 2.45) is 0 Å². The number of hydrogen-bond acceptors (Lipinski definition) is 4. The van der Waals surface area contributed by atoms with Gasteiger partial charge >= 0.3 is 0 Å². The lowest BCUT2D eigenvalue weighted by Crippen LogP contribution is -2.04. The highest BCUT2D eigenvalue weighted by molar-refractivity contribution is 7.90. The first-order valence-corrected chi connectivity index (χ1v) is 10.4. The van der Waals surface area contributed by atoms with Gasteiger partial charge in [0.05, 0.1) is 15.8 Å². The smallest absolute Gasteiger partial charge is 0.177 e. The Kier molecular flexibility index (Phi) is 4.49. The average Bonchev–Trinajstić information content (AvgIpc) is 3.03. The van der Waals surface area contributed by atoms with Gasteiger partial charge in [0.2, 0.25) is 0 Å². The molecule has 3 aromatic rings. The third-order valence-electron chi connectivity index (χ3n) is 3.67. The Balaban J connectivity index is 2.12. The maximum atomic E-state index is 11.7. The van der Waals surface area contributed by atoms with Gasteiger partial charge in [-0.15, -0.1) is 11.3 Å². The van der Waals surface area contributed by atoms with E-state index in [1.807, 2.05) is 18.2 Å². The first kappa shape index (κ1) is 16.5. The van der Waals surface area contributed by atoms with E-state index < -0.39 is 9.84 Å². The largest absolute Gasteiger partial charge is 0.324 e. The van der Waals surface area contributed by atoms with Crippen molar-refractivity contribution in [3.8, 4) is 0 Å². The molecule has 0 atom stereocenters. The molecule has 0 amide bonds. The molecule has 7 heteroatoms. The van der Waals surface area contributed by atoms with E-state index in [4.69, 9.17) is 11.6 Å². The van der Waals surface area contributed by atoms with Crippen LogP contribution in [0.4, 0.5) is 0 Å². The van der Waals surface area contributed by atoms with E-state index in [1.54, 1.807) is 17.4 Å². The van der Waals surface area contributed by atoms with Gasteiger partial charge < -0.3 is 4.57 Å². The van der Waals surface area contributed by atoms with Crippen molar-refractivity contribution in [1.29, 1.82) is 0 Å². The Morgan fingerprint density at radius 3 is 2.70 bits per heavy atom. The Hall–Kier alpha value is -1.37. The van der Waals surface area contributed by atoms with E-state index >= 15 is 0 Å². The first-order valence-electron chi connectivity index (χ1n) is 7.31.